The van der Waals surface area contributed by atoms with Crippen molar-refractivity contribution < 1.29 is 9.59 Å². The topological polar surface area (TPSA) is 72.2 Å². The minimum atomic E-state index is -0.650. The van der Waals surface area contributed by atoms with E-state index in [1.807, 2.05) is 45.9 Å². The first-order valence-corrected chi connectivity index (χ1v) is 6.94. The minimum absolute atomic E-state index is 0.132. The molecule has 0 heterocycles. The number of rotatable bonds is 6. The Hall–Kier alpha value is -1.84. The lowest BCUT2D eigenvalue weighted by Crippen LogP contribution is -2.46. The Bertz CT molecular complexity index is 495. The number of nitrogens with two attached hydrogens (primary N) is 1. The molecule has 0 fully saturated rings. The van der Waals surface area contributed by atoms with Crippen LogP contribution in [0.2, 0.25) is 0 Å². The predicted molar refractivity (Wildman–Crippen MR) is 80.2 cm³/mol. The number of amides is 2. The van der Waals surface area contributed by atoms with Crippen LogP contribution < -0.4 is 11.1 Å². The maximum absolute atomic E-state index is 11.8. The van der Waals surface area contributed by atoms with Gasteiger partial charge >= 0.3 is 0 Å². The zero-order chi connectivity index (χ0) is 15.3. The number of nitrogens with one attached hydrogen (secondary N) is 1. The van der Waals surface area contributed by atoms with E-state index < -0.39 is 11.9 Å². The predicted octanol–water partition coefficient (Wildman–Crippen LogP) is 1.86. The first-order chi connectivity index (χ1) is 9.29. The SMILES string of the molecule is Cc1ccc(C[C@H](NC(=O)CC(C)C)C(N)=O)cc1C. The van der Waals surface area contributed by atoms with Gasteiger partial charge in [0.25, 0.3) is 0 Å². The molecule has 1 atom stereocenters. The van der Waals surface area contributed by atoms with Gasteiger partial charge in [0.1, 0.15) is 6.04 Å². The third-order valence-electron chi connectivity index (χ3n) is 3.28. The van der Waals surface area contributed by atoms with Crippen LogP contribution in [0.25, 0.3) is 0 Å². The highest BCUT2D eigenvalue weighted by molar-refractivity contribution is 5.86. The number of carbonyl (C=O) groups excluding carboxylic acids is 2. The summed E-state index contributed by atoms with van der Waals surface area (Å²) in [5.74, 6) is -0.377. The molecule has 1 aromatic carbocycles. The van der Waals surface area contributed by atoms with Crippen molar-refractivity contribution >= 4 is 11.8 Å². The summed E-state index contributed by atoms with van der Waals surface area (Å²) in [4.78, 5) is 23.2. The van der Waals surface area contributed by atoms with Gasteiger partial charge in [0.2, 0.25) is 11.8 Å². The zero-order valence-electron chi connectivity index (χ0n) is 12.7. The van der Waals surface area contributed by atoms with E-state index in [0.29, 0.717) is 12.8 Å². The Labute approximate surface area is 120 Å². The molecule has 0 bridgehead atoms. The summed E-state index contributed by atoms with van der Waals surface area (Å²) in [6, 6.07) is 5.36. The number of hydrogen-bond donors (Lipinski definition) is 2. The number of carbonyl (C=O) groups is 2. The van der Waals surface area contributed by atoms with Gasteiger partial charge in [-0.3, -0.25) is 9.59 Å². The first kappa shape index (κ1) is 16.2. The molecule has 0 saturated heterocycles. The van der Waals surface area contributed by atoms with Gasteiger partial charge in [-0.1, -0.05) is 32.0 Å². The number of aryl methyl sites for hydroxylation is 2. The summed E-state index contributed by atoms with van der Waals surface area (Å²) < 4.78 is 0. The molecule has 20 heavy (non-hydrogen) atoms. The van der Waals surface area contributed by atoms with Crippen LogP contribution in [-0.4, -0.2) is 17.9 Å². The van der Waals surface area contributed by atoms with Gasteiger partial charge in [-0.15, -0.1) is 0 Å². The fourth-order valence-corrected chi connectivity index (χ4v) is 2.01. The largest absolute Gasteiger partial charge is 0.368 e. The van der Waals surface area contributed by atoms with Crippen LogP contribution in [0.1, 0.15) is 37.0 Å². The lowest BCUT2D eigenvalue weighted by Gasteiger charge is -2.17. The fourth-order valence-electron chi connectivity index (χ4n) is 2.01. The molecule has 4 heteroatoms. The second-order valence-electron chi connectivity index (χ2n) is 5.74. The maximum Gasteiger partial charge on any atom is 0.240 e. The van der Waals surface area contributed by atoms with Gasteiger partial charge in [-0.25, -0.2) is 0 Å². The van der Waals surface area contributed by atoms with Gasteiger partial charge < -0.3 is 11.1 Å². The molecule has 1 aromatic rings. The molecule has 0 aromatic heterocycles. The molecule has 4 nitrogen and oxygen atoms in total. The van der Waals surface area contributed by atoms with Crippen molar-refractivity contribution in [2.75, 3.05) is 0 Å². The summed E-state index contributed by atoms with van der Waals surface area (Å²) in [5, 5.41) is 2.72. The fraction of sp³-hybridized carbons (Fsp3) is 0.500. The molecule has 0 unspecified atom stereocenters. The Morgan fingerprint density at radius 2 is 1.85 bits per heavy atom. The summed E-state index contributed by atoms with van der Waals surface area (Å²) in [7, 11) is 0. The highest BCUT2D eigenvalue weighted by Gasteiger charge is 2.19. The third kappa shape index (κ3) is 5.03. The summed E-state index contributed by atoms with van der Waals surface area (Å²) in [6.45, 7) is 7.98. The summed E-state index contributed by atoms with van der Waals surface area (Å²) >= 11 is 0. The minimum Gasteiger partial charge on any atom is -0.368 e. The number of benzene rings is 1. The van der Waals surface area contributed by atoms with Crippen molar-refractivity contribution in [3.63, 3.8) is 0 Å². The van der Waals surface area contributed by atoms with E-state index >= 15 is 0 Å². The normalized spacial score (nSPS) is 12.2. The average molecular weight is 276 g/mol. The maximum atomic E-state index is 11.8. The monoisotopic (exact) mass is 276 g/mol. The zero-order valence-corrected chi connectivity index (χ0v) is 12.7. The smallest absolute Gasteiger partial charge is 0.240 e. The molecule has 2 amide bonds. The number of hydrogen-bond acceptors (Lipinski definition) is 2. The van der Waals surface area contributed by atoms with Crippen molar-refractivity contribution in [2.24, 2.45) is 11.7 Å². The molecule has 0 aliphatic rings. The van der Waals surface area contributed by atoms with E-state index in [2.05, 4.69) is 5.32 Å². The molecular formula is C16H24N2O2. The summed E-state index contributed by atoms with van der Waals surface area (Å²) in [5.41, 5.74) is 8.75. The molecule has 1 rings (SSSR count). The average Bonchev–Trinajstić information content (AvgIpc) is 2.31. The van der Waals surface area contributed by atoms with Crippen LogP contribution in [0, 0.1) is 19.8 Å². The second-order valence-corrected chi connectivity index (χ2v) is 5.74. The van der Waals surface area contributed by atoms with E-state index in [0.717, 1.165) is 5.56 Å². The molecule has 0 aliphatic carbocycles. The van der Waals surface area contributed by atoms with Crippen molar-refractivity contribution in [1.82, 2.24) is 5.32 Å². The summed E-state index contributed by atoms with van der Waals surface area (Å²) in [6.07, 6.45) is 0.830. The first-order valence-electron chi connectivity index (χ1n) is 6.94. The van der Waals surface area contributed by atoms with Gasteiger partial charge in [0.05, 0.1) is 0 Å². The van der Waals surface area contributed by atoms with Crippen LogP contribution in [0.5, 0.6) is 0 Å². The van der Waals surface area contributed by atoms with E-state index in [1.54, 1.807) is 0 Å². The number of primary amides is 1. The van der Waals surface area contributed by atoms with Crippen molar-refractivity contribution in [2.45, 2.75) is 46.6 Å². The molecule has 0 radical (unpaired) electrons. The molecule has 3 N–H and O–H groups in total. The molecule has 110 valence electrons. The lowest BCUT2D eigenvalue weighted by molar-refractivity contribution is -0.127. The standard InChI is InChI=1S/C16H24N2O2/c1-10(2)7-15(19)18-14(16(17)20)9-13-6-5-11(3)12(4)8-13/h5-6,8,10,14H,7,9H2,1-4H3,(H2,17,20)(H,18,19)/t14-/m0/s1. The van der Waals surface area contributed by atoms with Gasteiger partial charge in [-0.2, -0.15) is 0 Å². The second kappa shape index (κ2) is 7.08. The Morgan fingerprint density at radius 1 is 1.20 bits per heavy atom. The third-order valence-corrected chi connectivity index (χ3v) is 3.28. The quantitative estimate of drug-likeness (QED) is 0.832. The molecule has 0 aliphatic heterocycles. The van der Waals surface area contributed by atoms with Crippen molar-refractivity contribution in [3.8, 4) is 0 Å². The van der Waals surface area contributed by atoms with Crippen LogP contribution in [0.15, 0.2) is 18.2 Å². The molecular weight excluding hydrogens is 252 g/mol. The van der Waals surface area contributed by atoms with Gasteiger partial charge in [-0.05, 0) is 36.5 Å². The molecule has 0 spiro atoms. The Morgan fingerprint density at radius 3 is 2.35 bits per heavy atom. The van der Waals surface area contributed by atoms with Gasteiger partial charge in [0, 0.05) is 12.8 Å². The molecule has 0 saturated carbocycles. The highest BCUT2D eigenvalue weighted by Crippen LogP contribution is 2.12. The van der Waals surface area contributed by atoms with E-state index in [1.165, 1.54) is 11.1 Å². The van der Waals surface area contributed by atoms with E-state index in [9.17, 15) is 9.59 Å². The van der Waals surface area contributed by atoms with Crippen LogP contribution >= 0.6 is 0 Å². The van der Waals surface area contributed by atoms with Crippen LogP contribution in [-0.2, 0) is 16.0 Å². The lowest BCUT2D eigenvalue weighted by atomic mass is 10.00. The van der Waals surface area contributed by atoms with Crippen LogP contribution in [0.3, 0.4) is 0 Å². The Kier molecular flexibility index (Phi) is 5.74. The Balaban J connectivity index is 2.74. The van der Waals surface area contributed by atoms with Gasteiger partial charge in [0.15, 0.2) is 0 Å². The van der Waals surface area contributed by atoms with Crippen molar-refractivity contribution in [3.05, 3.63) is 34.9 Å². The highest BCUT2D eigenvalue weighted by atomic mass is 16.2. The van der Waals surface area contributed by atoms with Crippen LogP contribution in [0.4, 0.5) is 0 Å². The van der Waals surface area contributed by atoms with E-state index in [4.69, 9.17) is 5.73 Å². The van der Waals surface area contributed by atoms with Crippen molar-refractivity contribution in [1.29, 1.82) is 0 Å². The van der Waals surface area contributed by atoms with E-state index in [-0.39, 0.29) is 11.8 Å².